The molecule has 0 spiro atoms. The molecule has 1 aromatic carbocycles. The van der Waals surface area contributed by atoms with Crippen LogP contribution in [0.25, 0.3) is 31.8 Å². The third-order valence-electron chi connectivity index (χ3n) is 4.20. The molecule has 0 amide bonds. The smallest absolute Gasteiger partial charge is 0.260 e. The third kappa shape index (κ3) is 2.82. The van der Waals surface area contributed by atoms with E-state index in [9.17, 15) is 9.18 Å². The molecule has 130 valence electrons. The first-order chi connectivity index (χ1) is 12.5. The van der Waals surface area contributed by atoms with Crippen LogP contribution in [0.2, 0.25) is 0 Å². The number of hydrogen-bond donors (Lipinski definition) is 1. The standard InChI is InChI=1S/C20H16FN3OS/c1-11(2)18-23-19(25)16-15(12-3-5-14(21)6-4-12)17(26-20(16)24-18)13-7-9-22-10-8-13/h3-11H,1-2H3,(H,23,24,25). The second-order valence-corrected chi connectivity index (χ2v) is 7.33. The van der Waals surface area contributed by atoms with Crippen LogP contribution in [-0.4, -0.2) is 15.0 Å². The molecule has 26 heavy (non-hydrogen) atoms. The lowest BCUT2D eigenvalue weighted by Crippen LogP contribution is -2.12. The summed E-state index contributed by atoms with van der Waals surface area (Å²) in [6.45, 7) is 3.98. The van der Waals surface area contributed by atoms with Gasteiger partial charge < -0.3 is 4.98 Å². The van der Waals surface area contributed by atoms with Gasteiger partial charge in [0.25, 0.3) is 5.56 Å². The van der Waals surface area contributed by atoms with E-state index in [0.717, 1.165) is 21.6 Å². The van der Waals surface area contributed by atoms with Gasteiger partial charge in [0, 0.05) is 28.8 Å². The molecule has 0 saturated carbocycles. The number of pyridine rings is 1. The highest BCUT2D eigenvalue weighted by Gasteiger charge is 2.20. The van der Waals surface area contributed by atoms with Crippen molar-refractivity contribution in [2.75, 3.05) is 0 Å². The van der Waals surface area contributed by atoms with Gasteiger partial charge in [-0.2, -0.15) is 0 Å². The highest BCUT2D eigenvalue weighted by molar-refractivity contribution is 7.22. The van der Waals surface area contributed by atoms with Crippen molar-refractivity contribution in [1.82, 2.24) is 15.0 Å². The molecule has 3 heterocycles. The molecule has 4 nitrogen and oxygen atoms in total. The lowest BCUT2D eigenvalue weighted by atomic mass is 10.0. The van der Waals surface area contributed by atoms with Crippen molar-refractivity contribution < 1.29 is 4.39 Å². The third-order valence-corrected chi connectivity index (χ3v) is 5.34. The van der Waals surface area contributed by atoms with Gasteiger partial charge in [-0.3, -0.25) is 9.78 Å². The minimum atomic E-state index is -0.312. The Morgan fingerprint density at radius 3 is 2.38 bits per heavy atom. The van der Waals surface area contributed by atoms with Crippen LogP contribution in [0.5, 0.6) is 0 Å². The second kappa shape index (κ2) is 6.46. The molecule has 3 aromatic heterocycles. The lowest BCUT2D eigenvalue weighted by molar-refractivity contribution is 0.628. The molecular weight excluding hydrogens is 349 g/mol. The van der Waals surface area contributed by atoms with Gasteiger partial charge in [-0.05, 0) is 35.4 Å². The Kier molecular flexibility index (Phi) is 4.12. The van der Waals surface area contributed by atoms with E-state index in [1.807, 2.05) is 26.0 Å². The molecule has 0 bridgehead atoms. The van der Waals surface area contributed by atoms with Crippen LogP contribution in [0.3, 0.4) is 0 Å². The van der Waals surface area contributed by atoms with Crippen molar-refractivity contribution in [3.63, 3.8) is 0 Å². The van der Waals surface area contributed by atoms with Crippen LogP contribution >= 0.6 is 11.3 Å². The van der Waals surface area contributed by atoms with Crippen LogP contribution in [-0.2, 0) is 0 Å². The molecule has 0 saturated heterocycles. The maximum atomic E-state index is 13.4. The van der Waals surface area contributed by atoms with Crippen molar-refractivity contribution in [3.05, 3.63) is 70.8 Å². The minimum absolute atomic E-state index is 0.118. The Hall–Kier alpha value is -2.86. The zero-order chi connectivity index (χ0) is 18.3. The highest BCUT2D eigenvalue weighted by Crippen LogP contribution is 2.42. The Morgan fingerprint density at radius 1 is 1.04 bits per heavy atom. The van der Waals surface area contributed by atoms with Crippen LogP contribution in [0.15, 0.2) is 53.6 Å². The van der Waals surface area contributed by atoms with Crippen LogP contribution in [0.1, 0.15) is 25.6 Å². The second-order valence-electron chi connectivity index (χ2n) is 6.33. The summed E-state index contributed by atoms with van der Waals surface area (Å²) < 4.78 is 13.4. The topological polar surface area (TPSA) is 58.6 Å². The molecule has 0 fully saturated rings. The van der Waals surface area contributed by atoms with Gasteiger partial charge in [-0.15, -0.1) is 11.3 Å². The molecule has 0 atom stereocenters. The first kappa shape index (κ1) is 16.6. The van der Waals surface area contributed by atoms with Gasteiger partial charge in [0.05, 0.1) is 5.39 Å². The fraction of sp³-hybridized carbons (Fsp3) is 0.150. The molecule has 6 heteroatoms. The zero-order valence-electron chi connectivity index (χ0n) is 14.3. The summed E-state index contributed by atoms with van der Waals surface area (Å²) in [4.78, 5) is 26.1. The largest absolute Gasteiger partial charge is 0.310 e. The predicted octanol–water partition coefficient (Wildman–Crippen LogP) is 4.98. The number of rotatable bonds is 3. The Balaban J connectivity index is 2.09. The average molecular weight is 365 g/mol. The number of fused-ring (bicyclic) bond motifs is 1. The quantitative estimate of drug-likeness (QED) is 0.557. The molecule has 4 rings (SSSR count). The number of benzene rings is 1. The van der Waals surface area contributed by atoms with E-state index >= 15 is 0 Å². The van der Waals surface area contributed by atoms with E-state index in [1.54, 1.807) is 24.5 Å². The summed E-state index contributed by atoms with van der Waals surface area (Å²) >= 11 is 1.47. The molecular formula is C20H16FN3OS. The molecule has 0 aliphatic rings. The fourth-order valence-electron chi connectivity index (χ4n) is 2.90. The van der Waals surface area contributed by atoms with Crippen LogP contribution in [0.4, 0.5) is 4.39 Å². The molecule has 0 unspecified atom stereocenters. The summed E-state index contributed by atoms with van der Waals surface area (Å²) in [6, 6.07) is 9.98. The van der Waals surface area contributed by atoms with Crippen molar-refractivity contribution in [2.45, 2.75) is 19.8 Å². The minimum Gasteiger partial charge on any atom is -0.310 e. The molecule has 0 aliphatic carbocycles. The average Bonchev–Trinajstić information content (AvgIpc) is 3.03. The summed E-state index contributed by atoms with van der Waals surface area (Å²) in [5.74, 6) is 0.469. The summed E-state index contributed by atoms with van der Waals surface area (Å²) in [6.07, 6.45) is 3.43. The van der Waals surface area contributed by atoms with Gasteiger partial charge >= 0.3 is 0 Å². The number of H-pyrrole nitrogens is 1. The van der Waals surface area contributed by atoms with Crippen LogP contribution in [0, 0.1) is 5.82 Å². The monoisotopic (exact) mass is 365 g/mol. The van der Waals surface area contributed by atoms with E-state index in [0.29, 0.717) is 16.0 Å². The summed E-state index contributed by atoms with van der Waals surface area (Å²) in [7, 11) is 0. The Morgan fingerprint density at radius 2 is 1.73 bits per heavy atom. The summed E-state index contributed by atoms with van der Waals surface area (Å²) in [5.41, 5.74) is 2.34. The van der Waals surface area contributed by atoms with Gasteiger partial charge in [-0.1, -0.05) is 26.0 Å². The lowest BCUT2D eigenvalue weighted by Gasteiger charge is -2.06. The SMILES string of the molecule is CC(C)c1nc2sc(-c3ccncc3)c(-c3ccc(F)cc3)c2c(=O)[nH]1. The van der Waals surface area contributed by atoms with E-state index in [-0.39, 0.29) is 17.3 Å². The first-order valence-corrected chi connectivity index (χ1v) is 9.09. The van der Waals surface area contributed by atoms with Gasteiger partial charge in [0.1, 0.15) is 16.5 Å². The normalized spacial score (nSPS) is 11.4. The molecule has 4 aromatic rings. The number of halogens is 1. The van der Waals surface area contributed by atoms with Gasteiger partial charge in [0.2, 0.25) is 0 Å². The number of aromatic nitrogens is 3. The van der Waals surface area contributed by atoms with Gasteiger partial charge in [-0.25, -0.2) is 9.37 Å². The molecule has 0 radical (unpaired) electrons. The van der Waals surface area contributed by atoms with Crippen molar-refractivity contribution >= 4 is 21.6 Å². The number of nitrogens with one attached hydrogen (secondary N) is 1. The molecule has 0 aliphatic heterocycles. The van der Waals surface area contributed by atoms with Gasteiger partial charge in [0.15, 0.2) is 0 Å². The number of nitrogens with zero attached hydrogens (tertiary/aromatic N) is 2. The van der Waals surface area contributed by atoms with Crippen molar-refractivity contribution in [3.8, 4) is 21.6 Å². The van der Waals surface area contributed by atoms with E-state index in [1.165, 1.54) is 23.5 Å². The number of thiophene rings is 1. The predicted molar refractivity (Wildman–Crippen MR) is 103 cm³/mol. The summed E-state index contributed by atoms with van der Waals surface area (Å²) in [5, 5.41) is 0.540. The number of hydrogen-bond acceptors (Lipinski definition) is 4. The fourth-order valence-corrected chi connectivity index (χ4v) is 4.11. The maximum Gasteiger partial charge on any atom is 0.260 e. The zero-order valence-corrected chi connectivity index (χ0v) is 15.1. The highest BCUT2D eigenvalue weighted by atomic mass is 32.1. The molecule has 1 N–H and O–H groups in total. The maximum absolute atomic E-state index is 13.4. The van der Waals surface area contributed by atoms with E-state index in [4.69, 9.17) is 0 Å². The van der Waals surface area contributed by atoms with Crippen LogP contribution < -0.4 is 5.56 Å². The first-order valence-electron chi connectivity index (χ1n) is 8.27. The Bertz CT molecular complexity index is 1130. The van der Waals surface area contributed by atoms with Crippen molar-refractivity contribution in [2.24, 2.45) is 0 Å². The number of aromatic amines is 1. The van der Waals surface area contributed by atoms with E-state index in [2.05, 4.69) is 15.0 Å². The van der Waals surface area contributed by atoms with Crippen molar-refractivity contribution in [1.29, 1.82) is 0 Å². The van der Waals surface area contributed by atoms with E-state index < -0.39 is 0 Å². The Labute approximate surface area is 153 Å².